The summed E-state index contributed by atoms with van der Waals surface area (Å²) < 4.78 is 0. The molecule has 3 aromatic rings. The Kier molecular flexibility index (Phi) is 13.8. The van der Waals surface area contributed by atoms with Gasteiger partial charge in [-0.25, -0.2) is 0 Å². The van der Waals surface area contributed by atoms with Gasteiger partial charge in [-0.3, -0.25) is 0 Å². The molecule has 0 aliphatic heterocycles. The molecule has 35 heavy (non-hydrogen) atoms. The van der Waals surface area contributed by atoms with Crippen LogP contribution >= 0.6 is 0 Å². The number of allylic oxidation sites excluding steroid dienone is 2. The summed E-state index contributed by atoms with van der Waals surface area (Å²) in [6.45, 7) is 26.1. The van der Waals surface area contributed by atoms with E-state index in [4.69, 9.17) is 0 Å². The third-order valence-corrected chi connectivity index (χ3v) is 5.53. The molecule has 3 aromatic carbocycles. The average molecular weight is 465 g/mol. The molecule has 0 aliphatic carbocycles. The van der Waals surface area contributed by atoms with Crippen LogP contribution in [-0.4, -0.2) is 0 Å². The summed E-state index contributed by atoms with van der Waals surface area (Å²) in [5.74, 6) is 0.671. The van der Waals surface area contributed by atoms with Gasteiger partial charge in [-0.2, -0.15) is 0 Å². The van der Waals surface area contributed by atoms with E-state index in [-0.39, 0.29) is 0 Å². The van der Waals surface area contributed by atoms with Crippen LogP contribution in [0.15, 0.2) is 92.6 Å². The molecule has 0 nitrogen and oxygen atoms in total. The highest BCUT2D eigenvalue weighted by molar-refractivity contribution is 5.68. The quantitative estimate of drug-likeness (QED) is 0.292. The second-order valence-corrected chi connectivity index (χ2v) is 8.68. The van der Waals surface area contributed by atoms with E-state index in [2.05, 4.69) is 102 Å². The first-order valence-corrected chi connectivity index (χ1v) is 12.8. The Bertz CT molecular complexity index is 1170. The molecule has 0 heterocycles. The van der Waals surface area contributed by atoms with Gasteiger partial charge in [0, 0.05) is 0 Å². The zero-order valence-electron chi connectivity index (χ0n) is 22.6. The lowest BCUT2D eigenvalue weighted by Crippen LogP contribution is -2.27. The average Bonchev–Trinajstić information content (AvgIpc) is 2.87. The van der Waals surface area contributed by atoms with Gasteiger partial charge >= 0.3 is 0 Å². The number of hydrogen-bond donors (Lipinski definition) is 0. The molecule has 0 spiro atoms. The minimum Gasteiger partial charge on any atom is -0.103 e. The molecule has 0 aromatic heterocycles. The Morgan fingerprint density at radius 1 is 0.829 bits per heavy atom. The summed E-state index contributed by atoms with van der Waals surface area (Å²) >= 11 is 0. The largest absolute Gasteiger partial charge is 0.103 e. The Morgan fingerprint density at radius 2 is 1.46 bits per heavy atom. The molecule has 184 valence electrons. The molecule has 0 heteroatoms. The third kappa shape index (κ3) is 9.41. The van der Waals surface area contributed by atoms with Crippen molar-refractivity contribution in [1.29, 1.82) is 0 Å². The van der Waals surface area contributed by atoms with E-state index >= 15 is 0 Å². The van der Waals surface area contributed by atoms with E-state index in [9.17, 15) is 0 Å². The summed E-state index contributed by atoms with van der Waals surface area (Å²) in [6, 6.07) is 21.9. The SMILES string of the molecule is C=C/C=c1/c(Cc2cc(-c3ccc(CC(C)C)cc3)ccc2C=C)cccc1=C.C=CCC.CC. The van der Waals surface area contributed by atoms with E-state index < -0.39 is 0 Å². The van der Waals surface area contributed by atoms with E-state index in [1.54, 1.807) is 0 Å². The first kappa shape index (κ1) is 29.7. The van der Waals surface area contributed by atoms with Crippen molar-refractivity contribution in [2.45, 2.75) is 53.9 Å². The number of rotatable bonds is 8. The maximum absolute atomic E-state index is 4.18. The molecule has 0 bridgehead atoms. The smallest absolute Gasteiger partial charge is 0.00135 e. The van der Waals surface area contributed by atoms with Crippen molar-refractivity contribution in [1.82, 2.24) is 0 Å². The van der Waals surface area contributed by atoms with Crippen molar-refractivity contribution < 1.29 is 0 Å². The van der Waals surface area contributed by atoms with Gasteiger partial charge in [0.2, 0.25) is 0 Å². The molecule has 0 N–H and O–H groups in total. The summed E-state index contributed by atoms with van der Waals surface area (Å²) in [4.78, 5) is 0. The topological polar surface area (TPSA) is 0 Å². The van der Waals surface area contributed by atoms with Crippen LogP contribution in [-0.2, 0) is 12.8 Å². The molecule has 3 rings (SSSR count). The standard InChI is InChI=1S/C29H30.C4H8.C2H6/c1-6-9-29-22(5)10-8-11-27(29)20-28-19-26(17-16-24(28)7-2)25-14-12-23(13-15-25)18-21(3)4;1-3-4-2;1-2/h6-17,19,21H,1-2,5,18,20H2,3-4H3;3H,1,4H2,2H3;1-2H3/b29-9+;;. The Morgan fingerprint density at radius 3 is 2.00 bits per heavy atom. The van der Waals surface area contributed by atoms with Crippen LogP contribution in [0.25, 0.3) is 29.9 Å². The van der Waals surface area contributed by atoms with E-state index in [1.165, 1.54) is 33.4 Å². The van der Waals surface area contributed by atoms with Crippen LogP contribution in [0.1, 0.15) is 63.3 Å². The van der Waals surface area contributed by atoms with Gasteiger partial charge < -0.3 is 0 Å². The fourth-order valence-electron chi connectivity index (χ4n) is 3.80. The van der Waals surface area contributed by atoms with Gasteiger partial charge in [0.1, 0.15) is 0 Å². The summed E-state index contributed by atoms with van der Waals surface area (Å²) in [5, 5.41) is 2.18. The monoisotopic (exact) mass is 464 g/mol. The second-order valence-electron chi connectivity index (χ2n) is 8.68. The molecule has 0 unspecified atom stereocenters. The van der Waals surface area contributed by atoms with E-state index in [0.717, 1.165) is 29.7 Å². The number of benzene rings is 3. The minimum absolute atomic E-state index is 0.671. The Balaban J connectivity index is 0.000000926. The predicted octanol–water partition coefficient (Wildman–Crippen LogP) is 8.77. The van der Waals surface area contributed by atoms with Crippen molar-refractivity contribution in [3.8, 4) is 11.1 Å². The lowest BCUT2D eigenvalue weighted by Gasteiger charge is -2.12. The van der Waals surface area contributed by atoms with Gasteiger partial charge in [-0.15, -0.1) is 6.58 Å². The highest BCUT2D eigenvalue weighted by Crippen LogP contribution is 2.25. The molecule has 0 atom stereocenters. The van der Waals surface area contributed by atoms with Crippen LogP contribution in [0.4, 0.5) is 0 Å². The zero-order chi connectivity index (χ0) is 26.2. The first-order valence-electron chi connectivity index (χ1n) is 12.8. The summed E-state index contributed by atoms with van der Waals surface area (Å²) in [7, 11) is 0. The van der Waals surface area contributed by atoms with Gasteiger partial charge in [0.25, 0.3) is 0 Å². The molecule has 0 amide bonds. The molecule has 0 radical (unpaired) electrons. The molecule has 0 saturated heterocycles. The maximum atomic E-state index is 4.18. The van der Waals surface area contributed by atoms with Crippen molar-refractivity contribution >= 4 is 18.7 Å². The Hall–Kier alpha value is -3.38. The van der Waals surface area contributed by atoms with Crippen LogP contribution in [0.5, 0.6) is 0 Å². The third-order valence-electron chi connectivity index (χ3n) is 5.53. The summed E-state index contributed by atoms with van der Waals surface area (Å²) in [5.41, 5.74) is 7.57. The van der Waals surface area contributed by atoms with Crippen LogP contribution < -0.4 is 10.4 Å². The zero-order valence-corrected chi connectivity index (χ0v) is 22.6. The highest BCUT2D eigenvalue weighted by Gasteiger charge is 2.07. The molecule has 0 saturated carbocycles. The van der Waals surface area contributed by atoms with Crippen molar-refractivity contribution in [3.05, 3.63) is 125 Å². The molecular weight excluding hydrogens is 420 g/mol. The van der Waals surface area contributed by atoms with Crippen LogP contribution in [0.3, 0.4) is 0 Å². The number of hydrogen-bond acceptors (Lipinski definition) is 0. The van der Waals surface area contributed by atoms with E-state index in [1.807, 2.05) is 44.2 Å². The predicted molar refractivity (Wildman–Crippen MR) is 161 cm³/mol. The minimum atomic E-state index is 0.671. The lowest BCUT2D eigenvalue weighted by molar-refractivity contribution is 0.647. The lowest BCUT2D eigenvalue weighted by atomic mass is 9.93. The van der Waals surface area contributed by atoms with Crippen molar-refractivity contribution in [2.75, 3.05) is 0 Å². The second kappa shape index (κ2) is 16.3. The molecular formula is C35H44. The fraction of sp³-hybridized carbons (Fsp3) is 0.257. The molecule has 0 fully saturated rings. The van der Waals surface area contributed by atoms with Crippen LogP contribution in [0.2, 0.25) is 0 Å². The van der Waals surface area contributed by atoms with Gasteiger partial charge in [0.05, 0.1) is 0 Å². The van der Waals surface area contributed by atoms with Crippen molar-refractivity contribution in [3.63, 3.8) is 0 Å². The van der Waals surface area contributed by atoms with E-state index in [0.29, 0.717) is 5.92 Å². The molecule has 0 aliphatic rings. The van der Waals surface area contributed by atoms with Gasteiger partial charge in [0.15, 0.2) is 0 Å². The highest BCUT2D eigenvalue weighted by atomic mass is 14.1. The maximum Gasteiger partial charge on any atom is -0.00135 e. The van der Waals surface area contributed by atoms with Crippen molar-refractivity contribution in [2.24, 2.45) is 5.92 Å². The summed E-state index contributed by atoms with van der Waals surface area (Å²) in [6.07, 6.45) is 10.7. The van der Waals surface area contributed by atoms with Gasteiger partial charge in [-0.05, 0) is 69.0 Å². The Labute approximate surface area is 214 Å². The van der Waals surface area contributed by atoms with Crippen LogP contribution in [0, 0.1) is 5.92 Å². The fourth-order valence-corrected chi connectivity index (χ4v) is 3.80. The van der Waals surface area contributed by atoms with Gasteiger partial charge in [-0.1, -0.05) is 139 Å². The first-order chi connectivity index (χ1) is 16.9. The normalized spacial score (nSPS) is 10.5.